The fraction of sp³-hybridized carbons (Fsp3) is 0.333. The minimum atomic E-state index is -0.221. The Labute approximate surface area is 105 Å². The molecule has 18 heavy (non-hydrogen) atoms. The Morgan fingerprint density at radius 3 is 2.67 bits per heavy atom. The molecule has 0 aliphatic carbocycles. The van der Waals surface area contributed by atoms with Crippen LogP contribution in [0.2, 0.25) is 0 Å². The van der Waals surface area contributed by atoms with Gasteiger partial charge in [-0.05, 0) is 37.6 Å². The Morgan fingerprint density at radius 2 is 2.17 bits per heavy atom. The van der Waals surface area contributed by atoms with Gasteiger partial charge in [0.25, 0.3) is 5.91 Å². The standard InChI is InChI=1S/C12H17N3O3/c1-3-15(7-11(13)14-18)12(17)10-5-4-9(16)6-8(10)2/h4-6,16,18H,3,7H2,1-2H3,(H2,13,14). The SMILES string of the molecule is CCN(C/C(N)=N/O)C(=O)c1ccc(O)cc1C. The van der Waals surface area contributed by atoms with E-state index in [-0.39, 0.29) is 24.0 Å². The molecule has 0 fully saturated rings. The average Bonchev–Trinajstić information content (AvgIpc) is 2.34. The van der Waals surface area contributed by atoms with Gasteiger partial charge in [-0.1, -0.05) is 5.16 Å². The molecular weight excluding hydrogens is 234 g/mol. The highest BCUT2D eigenvalue weighted by atomic mass is 16.4. The molecule has 0 unspecified atom stereocenters. The number of phenols is 1. The number of nitrogens with zero attached hydrogens (tertiary/aromatic N) is 2. The van der Waals surface area contributed by atoms with E-state index in [1.807, 2.05) is 0 Å². The van der Waals surface area contributed by atoms with Crippen molar-refractivity contribution in [3.8, 4) is 5.75 Å². The van der Waals surface area contributed by atoms with Crippen LogP contribution >= 0.6 is 0 Å². The van der Waals surface area contributed by atoms with Crippen molar-refractivity contribution in [2.75, 3.05) is 13.1 Å². The largest absolute Gasteiger partial charge is 0.508 e. The highest BCUT2D eigenvalue weighted by Gasteiger charge is 2.17. The quantitative estimate of drug-likeness (QED) is 0.320. The summed E-state index contributed by atoms with van der Waals surface area (Å²) in [7, 11) is 0. The summed E-state index contributed by atoms with van der Waals surface area (Å²) < 4.78 is 0. The lowest BCUT2D eigenvalue weighted by molar-refractivity contribution is 0.0785. The van der Waals surface area contributed by atoms with Gasteiger partial charge >= 0.3 is 0 Å². The van der Waals surface area contributed by atoms with E-state index in [9.17, 15) is 9.90 Å². The monoisotopic (exact) mass is 251 g/mol. The highest BCUT2D eigenvalue weighted by molar-refractivity contribution is 5.98. The summed E-state index contributed by atoms with van der Waals surface area (Å²) in [4.78, 5) is 13.7. The first-order valence-electron chi connectivity index (χ1n) is 5.54. The molecule has 0 saturated carbocycles. The number of aryl methyl sites for hydroxylation is 1. The predicted molar refractivity (Wildman–Crippen MR) is 67.8 cm³/mol. The van der Waals surface area contributed by atoms with E-state index in [0.717, 1.165) is 0 Å². The van der Waals surface area contributed by atoms with Gasteiger partial charge in [0.15, 0.2) is 5.84 Å². The molecule has 6 nitrogen and oxygen atoms in total. The fourth-order valence-electron chi connectivity index (χ4n) is 1.61. The third-order valence-electron chi connectivity index (χ3n) is 2.59. The Bertz CT molecular complexity index is 472. The third kappa shape index (κ3) is 3.13. The molecule has 1 amide bonds. The van der Waals surface area contributed by atoms with Gasteiger partial charge in [-0.3, -0.25) is 4.79 Å². The average molecular weight is 251 g/mol. The fourth-order valence-corrected chi connectivity index (χ4v) is 1.61. The summed E-state index contributed by atoms with van der Waals surface area (Å²) >= 11 is 0. The second kappa shape index (κ2) is 5.90. The van der Waals surface area contributed by atoms with Crippen molar-refractivity contribution >= 4 is 11.7 Å². The van der Waals surface area contributed by atoms with Gasteiger partial charge in [-0.15, -0.1) is 0 Å². The van der Waals surface area contributed by atoms with Crippen molar-refractivity contribution in [3.63, 3.8) is 0 Å². The zero-order valence-electron chi connectivity index (χ0n) is 10.4. The van der Waals surface area contributed by atoms with Gasteiger partial charge in [-0.2, -0.15) is 0 Å². The molecule has 0 heterocycles. The summed E-state index contributed by atoms with van der Waals surface area (Å²) in [6.45, 7) is 4.05. The van der Waals surface area contributed by atoms with Gasteiger partial charge < -0.3 is 20.9 Å². The molecule has 0 spiro atoms. The topological polar surface area (TPSA) is 99.1 Å². The number of phenolic OH excluding ortho intramolecular Hbond substituents is 1. The molecule has 1 aromatic carbocycles. The van der Waals surface area contributed by atoms with E-state index < -0.39 is 0 Å². The first-order chi connectivity index (χ1) is 8.49. The molecule has 0 atom stereocenters. The van der Waals surface area contributed by atoms with Crippen molar-refractivity contribution in [2.45, 2.75) is 13.8 Å². The lowest BCUT2D eigenvalue weighted by Crippen LogP contribution is -2.38. The minimum Gasteiger partial charge on any atom is -0.508 e. The molecule has 0 saturated heterocycles. The van der Waals surface area contributed by atoms with Crippen molar-refractivity contribution < 1.29 is 15.1 Å². The van der Waals surface area contributed by atoms with Gasteiger partial charge in [0.1, 0.15) is 5.75 Å². The molecule has 0 aromatic heterocycles. The summed E-state index contributed by atoms with van der Waals surface area (Å²) in [5, 5.41) is 20.7. The Balaban J connectivity index is 2.96. The van der Waals surface area contributed by atoms with Crippen LogP contribution in [0.25, 0.3) is 0 Å². The van der Waals surface area contributed by atoms with Crippen LogP contribution in [0.5, 0.6) is 5.75 Å². The van der Waals surface area contributed by atoms with E-state index in [4.69, 9.17) is 10.9 Å². The maximum absolute atomic E-state index is 12.2. The molecule has 0 aliphatic rings. The van der Waals surface area contributed by atoms with Gasteiger partial charge in [0.2, 0.25) is 0 Å². The van der Waals surface area contributed by atoms with Crippen molar-refractivity contribution in [1.29, 1.82) is 0 Å². The number of carbonyl (C=O) groups is 1. The molecule has 0 aliphatic heterocycles. The lowest BCUT2D eigenvalue weighted by Gasteiger charge is -2.21. The zero-order chi connectivity index (χ0) is 13.7. The molecule has 6 heteroatoms. The molecule has 0 radical (unpaired) electrons. The third-order valence-corrected chi connectivity index (χ3v) is 2.59. The van der Waals surface area contributed by atoms with Crippen LogP contribution in [0.4, 0.5) is 0 Å². The number of rotatable bonds is 4. The second-order valence-corrected chi connectivity index (χ2v) is 3.91. The molecule has 4 N–H and O–H groups in total. The number of amidine groups is 1. The highest BCUT2D eigenvalue weighted by Crippen LogP contribution is 2.17. The Morgan fingerprint density at radius 1 is 1.50 bits per heavy atom. The van der Waals surface area contributed by atoms with Gasteiger partial charge in [0.05, 0.1) is 6.54 Å². The first-order valence-corrected chi connectivity index (χ1v) is 5.54. The van der Waals surface area contributed by atoms with Crippen molar-refractivity contribution in [3.05, 3.63) is 29.3 Å². The van der Waals surface area contributed by atoms with Crippen molar-refractivity contribution in [2.24, 2.45) is 10.9 Å². The Hall–Kier alpha value is -2.24. The molecule has 0 bridgehead atoms. The normalized spacial score (nSPS) is 11.3. The smallest absolute Gasteiger partial charge is 0.254 e. The van der Waals surface area contributed by atoms with Crippen LogP contribution in [-0.2, 0) is 0 Å². The number of hydrogen-bond acceptors (Lipinski definition) is 4. The maximum atomic E-state index is 12.2. The molecule has 98 valence electrons. The van der Waals surface area contributed by atoms with Crippen LogP contribution < -0.4 is 5.73 Å². The molecular formula is C12H17N3O3. The maximum Gasteiger partial charge on any atom is 0.254 e. The van der Waals surface area contributed by atoms with E-state index in [1.165, 1.54) is 17.0 Å². The number of nitrogens with two attached hydrogens (primary N) is 1. The number of amides is 1. The van der Waals surface area contributed by atoms with Gasteiger partial charge in [0, 0.05) is 12.1 Å². The van der Waals surface area contributed by atoms with Crippen LogP contribution in [0.3, 0.4) is 0 Å². The molecule has 1 rings (SSSR count). The first kappa shape index (κ1) is 13.8. The van der Waals surface area contributed by atoms with Crippen LogP contribution in [-0.4, -0.2) is 40.0 Å². The van der Waals surface area contributed by atoms with E-state index >= 15 is 0 Å². The zero-order valence-corrected chi connectivity index (χ0v) is 10.4. The number of likely N-dealkylation sites (N-methyl/N-ethyl adjacent to an activating group) is 1. The minimum absolute atomic E-state index is 0.0263. The van der Waals surface area contributed by atoms with Crippen LogP contribution in [0, 0.1) is 6.92 Å². The molecule has 1 aromatic rings. The number of aromatic hydroxyl groups is 1. The van der Waals surface area contributed by atoms with E-state index in [1.54, 1.807) is 19.9 Å². The number of benzene rings is 1. The Kier molecular flexibility index (Phi) is 4.53. The summed E-state index contributed by atoms with van der Waals surface area (Å²) in [6, 6.07) is 4.53. The van der Waals surface area contributed by atoms with Crippen LogP contribution in [0.1, 0.15) is 22.8 Å². The summed E-state index contributed by atoms with van der Waals surface area (Å²) in [5.74, 6) is -0.133. The number of carbonyl (C=O) groups excluding carboxylic acids is 1. The lowest BCUT2D eigenvalue weighted by atomic mass is 10.1. The van der Waals surface area contributed by atoms with Crippen molar-refractivity contribution in [1.82, 2.24) is 4.90 Å². The van der Waals surface area contributed by atoms with E-state index in [2.05, 4.69) is 5.16 Å². The van der Waals surface area contributed by atoms with Gasteiger partial charge in [-0.25, -0.2) is 0 Å². The predicted octanol–water partition coefficient (Wildman–Crippen LogP) is 0.909. The van der Waals surface area contributed by atoms with E-state index in [0.29, 0.717) is 17.7 Å². The number of oxime groups is 1. The number of hydrogen-bond donors (Lipinski definition) is 3. The summed E-state index contributed by atoms with van der Waals surface area (Å²) in [5.41, 5.74) is 6.56. The van der Waals surface area contributed by atoms with Crippen LogP contribution in [0.15, 0.2) is 23.4 Å². The second-order valence-electron chi connectivity index (χ2n) is 3.91. The summed E-state index contributed by atoms with van der Waals surface area (Å²) in [6.07, 6.45) is 0.